The van der Waals surface area contributed by atoms with Crippen molar-refractivity contribution < 1.29 is 13.9 Å². The maximum Gasteiger partial charge on any atom is 0.220 e. The largest absolute Gasteiger partial charge is 0.493 e. The van der Waals surface area contributed by atoms with Gasteiger partial charge in [-0.25, -0.2) is 9.07 Å². The fourth-order valence-electron chi connectivity index (χ4n) is 3.77. The summed E-state index contributed by atoms with van der Waals surface area (Å²) in [5, 5.41) is 16.6. The molecule has 3 N–H and O–H groups in total. The lowest BCUT2D eigenvalue weighted by atomic mass is 9.92. The van der Waals surface area contributed by atoms with Crippen molar-refractivity contribution in [3.05, 3.63) is 39.3 Å². The summed E-state index contributed by atoms with van der Waals surface area (Å²) in [5.74, 6) is -0.635. The van der Waals surface area contributed by atoms with E-state index < -0.39 is 16.6 Å². The van der Waals surface area contributed by atoms with Gasteiger partial charge in [0.25, 0.3) is 0 Å². The van der Waals surface area contributed by atoms with Crippen LogP contribution >= 0.6 is 23.4 Å². The summed E-state index contributed by atoms with van der Waals surface area (Å²) in [6.45, 7) is 5.95. The van der Waals surface area contributed by atoms with Gasteiger partial charge in [0, 0.05) is 30.0 Å². The number of nitrogens with two attached hydrogens (primary N) is 1. The van der Waals surface area contributed by atoms with Gasteiger partial charge in [0.15, 0.2) is 0 Å². The Hall–Kier alpha value is -2.44. The zero-order valence-corrected chi connectivity index (χ0v) is 18.7. The molecule has 0 radical (unpaired) electrons. The number of thioether (sulfide) groups is 1. The molecule has 1 unspecified atom stereocenters. The van der Waals surface area contributed by atoms with Crippen LogP contribution in [0.4, 0.5) is 10.2 Å². The minimum absolute atomic E-state index is 0.0777. The van der Waals surface area contributed by atoms with Gasteiger partial charge in [-0.2, -0.15) is 10.4 Å². The van der Waals surface area contributed by atoms with E-state index in [0.29, 0.717) is 23.6 Å². The maximum absolute atomic E-state index is 15.2. The molecule has 160 valence electrons. The monoisotopic (exact) mass is 451 g/mol. The zero-order chi connectivity index (χ0) is 22.2. The standard InChI is InChI=1S/C20H23ClFN5O2S/c1-5-29-18-13(7-14(21)17(22)16(18)11-6-15(28)25-9-11)20(3,30-4)27-19(24)12(8-23)10(2)26-27/h7,11H,5-6,9,24H2,1-4H3,(H,25,28)/t11-,20?/m0/s1. The van der Waals surface area contributed by atoms with E-state index in [0.717, 1.165) is 0 Å². The summed E-state index contributed by atoms with van der Waals surface area (Å²) in [4.78, 5) is 10.8. The highest BCUT2D eigenvalue weighted by Gasteiger charge is 2.40. The third-order valence-electron chi connectivity index (χ3n) is 5.39. The van der Waals surface area contributed by atoms with Gasteiger partial charge < -0.3 is 15.8 Å². The minimum atomic E-state index is -0.948. The van der Waals surface area contributed by atoms with Gasteiger partial charge in [0.2, 0.25) is 5.91 Å². The molecule has 0 spiro atoms. The molecular weight excluding hydrogens is 429 g/mol. The van der Waals surface area contributed by atoms with E-state index in [-0.39, 0.29) is 40.9 Å². The lowest BCUT2D eigenvalue weighted by Crippen LogP contribution is -2.31. The van der Waals surface area contributed by atoms with Gasteiger partial charge in [-0.05, 0) is 33.1 Å². The molecule has 10 heteroatoms. The number of ether oxygens (including phenoxy) is 1. The number of halogens is 2. The number of aromatic nitrogens is 2. The number of carbonyl (C=O) groups excluding carboxylic acids is 1. The maximum atomic E-state index is 15.2. The number of nitrogen functional groups attached to an aromatic ring is 1. The summed E-state index contributed by atoms with van der Waals surface area (Å²) in [7, 11) is 0. The van der Waals surface area contributed by atoms with Crippen molar-refractivity contribution in [3.63, 3.8) is 0 Å². The Kier molecular flexibility index (Phi) is 6.20. The molecule has 1 aliphatic heterocycles. The van der Waals surface area contributed by atoms with E-state index in [1.165, 1.54) is 17.8 Å². The number of hydrogen-bond donors (Lipinski definition) is 2. The quantitative estimate of drug-likeness (QED) is 0.696. The smallest absolute Gasteiger partial charge is 0.220 e. The van der Waals surface area contributed by atoms with Crippen molar-refractivity contribution >= 4 is 35.1 Å². The second-order valence-corrected chi connectivity index (χ2v) is 8.77. The van der Waals surface area contributed by atoms with Crippen LogP contribution in [0.2, 0.25) is 5.02 Å². The van der Waals surface area contributed by atoms with E-state index in [9.17, 15) is 10.1 Å². The molecule has 0 saturated carbocycles. The van der Waals surface area contributed by atoms with Gasteiger partial charge in [0.05, 0.1) is 17.3 Å². The molecule has 7 nitrogen and oxygen atoms in total. The van der Waals surface area contributed by atoms with Crippen LogP contribution in [-0.4, -0.2) is 35.1 Å². The van der Waals surface area contributed by atoms with Crippen LogP contribution in [0, 0.1) is 24.1 Å². The Bertz CT molecular complexity index is 1050. The molecule has 0 aliphatic carbocycles. The van der Waals surface area contributed by atoms with Crippen LogP contribution in [0.25, 0.3) is 0 Å². The van der Waals surface area contributed by atoms with Crippen molar-refractivity contribution in [2.75, 3.05) is 25.1 Å². The van der Waals surface area contributed by atoms with Crippen molar-refractivity contribution in [1.82, 2.24) is 15.1 Å². The van der Waals surface area contributed by atoms with Crippen LogP contribution in [0.3, 0.4) is 0 Å². The highest BCUT2D eigenvalue weighted by atomic mass is 35.5. The Labute approximate surface area is 183 Å². The predicted molar refractivity (Wildman–Crippen MR) is 115 cm³/mol. The number of nitrogens with one attached hydrogen (secondary N) is 1. The first-order valence-corrected chi connectivity index (χ1v) is 11.0. The van der Waals surface area contributed by atoms with Gasteiger partial charge in [-0.15, -0.1) is 11.8 Å². The molecule has 1 aromatic heterocycles. The lowest BCUT2D eigenvalue weighted by Gasteiger charge is -2.33. The second kappa shape index (κ2) is 8.36. The highest BCUT2D eigenvalue weighted by Crippen LogP contribution is 2.48. The lowest BCUT2D eigenvalue weighted by molar-refractivity contribution is -0.119. The first-order valence-electron chi connectivity index (χ1n) is 9.42. The molecule has 3 rings (SSSR count). The SMILES string of the molecule is CCOc1c(C(C)(SC)n2nc(C)c(C#N)c2N)cc(Cl)c(F)c1[C@@H]1CNC(=O)C1. The number of anilines is 1. The minimum Gasteiger partial charge on any atom is -0.493 e. The van der Waals surface area contributed by atoms with Gasteiger partial charge in [-0.1, -0.05) is 11.6 Å². The fourth-order valence-corrected chi connectivity index (χ4v) is 4.66. The topological polar surface area (TPSA) is 106 Å². The van der Waals surface area contributed by atoms with E-state index in [4.69, 9.17) is 22.1 Å². The molecular formula is C20H23ClFN5O2S. The van der Waals surface area contributed by atoms with E-state index >= 15 is 4.39 Å². The average Bonchev–Trinajstić information content (AvgIpc) is 3.26. The van der Waals surface area contributed by atoms with Crippen LogP contribution in [0.5, 0.6) is 5.75 Å². The van der Waals surface area contributed by atoms with E-state index in [1.54, 1.807) is 18.5 Å². The zero-order valence-electron chi connectivity index (χ0n) is 17.2. The molecule has 30 heavy (non-hydrogen) atoms. The van der Waals surface area contributed by atoms with Crippen molar-refractivity contribution in [3.8, 4) is 11.8 Å². The third kappa shape index (κ3) is 3.48. The normalized spacial score (nSPS) is 18.0. The molecule has 2 atom stereocenters. The van der Waals surface area contributed by atoms with Crippen molar-refractivity contribution in [2.45, 2.75) is 38.0 Å². The average molecular weight is 452 g/mol. The Morgan fingerprint density at radius 1 is 1.60 bits per heavy atom. The van der Waals surface area contributed by atoms with Gasteiger partial charge in [-0.3, -0.25) is 4.79 Å². The second-order valence-electron chi connectivity index (χ2n) is 7.16. The first kappa shape index (κ1) is 22.2. The van der Waals surface area contributed by atoms with E-state index in [2.05, 4.69) is 16.5 Å². The van der Waals surface area contributed by atoms with Crippen molar-refractivity contribution in [2.24, 2.45) is 0 Å². The molecule has 1 saturated heterocycles. The number of aryl methyl sites for hydroxylation is 1. The van der Waals surface area contributed by atoms with E-state index in [1.807, 2.05) is 13.2 Å². The number of benzene rings is 1. The summed E-state index contributed by atoms with van der Waals surface area (Å²) in [6, 6.07) is 3.58. The van der Waals surface area contributed by atoms with Crippen molar-refractivity contribution in [1.29, 1.82) is 5.26 Å². The number of amides is 1. The van der Waals surface area contributed by atoms with Gasteiger partial charge in [0.1, 0.15) is 33.9 Å². The Balaban J connectivity index is 2.32. The summed E-state index contributed by atoms with van der Waals surface area (Å²) in [5.41, 5.74) is 7.85. The Morgan fingerprint density at radius 2 is 2.30 bits per heavy atom. The van der Waals surface area contributed by atoms with Crippen LogP contribution in [0.1, 0.15) is 48.6 Å². The molecule has 2 heterocycles. The summed E-state index contributed by atoms with van der Waals surface area (Å²) in [6.07, 6.45) is 2.00. The van der Waals surface area contributed by atoms with Crippen LogP contribution in [0.15, 0.2) is 6.07 Å². The van der Waals surface area contributed by atoms with Gasteiger partial charge >= 0.3 is 0 Å². The summed E-state index contributed by atoms with van der Waals surface area (Å²) >= 11 is 7.70. The highest BCUT2D eigenvalue weighted by molar-refractivity contribution is 7.99. The number of rotatable bonds is 6. The summed E-state index contributed by atoms with van der Waals surface area (Å²) < 4.78 is 22.7. The predicted octanol–water partition coefficient (Wildman–Crippen LogP) is 3.52. The fraction of sp³-hybridized carbons (Fsp3) is 0.450. The molecule has 0 bridgehead atoms. The van der Waals surface area contributed by atoms with Crippen LogP contribution < -0.4 is 15.8 Å². The van der Waals surface area contributed by atoms with Crippen LogP contribution in [-0.2, 0) is 9.67 Å². The number of carbonyl (C=O) groups is 1. The Morgan fingerprint density at radius 3 is 2.80 bits per heavy atom. The first-order chi connectivity index (χ1) is 14.2. The third-order valence-corrected chi connectivity index (χ3v) is 6.85. The number of nitriles is 1. The molecule has 2 aromatic rings. The number of nitrogens with zero attached hydrogens (tertiary/aromatic N) is 3. The molecule has 1 aromatic carbocycles. The molecule has 1 fully saturated rings. The molecule has 1 amide bonds. The molecule has 1 aliphatic rings. The number of hydrogen-bond acceptors (Lipinski definition) is 6.